The van der Waals surface area contributed by atoms with Gasteiger partial charge in [0, 0.05) is 17.8 Å². The van der Waals surface area contributed by atoms with Gasteiger partial charge in [-0.1, -0.05) is 32.8 Å². The Morgan fingerprint density at radius 2 is 2.11 bits per heavy atom. The maximum Gasteiger partial charge on any atom is 0.121 e. The van der Waals surface area contributed by atoms with Crippen molar-refractivity contribution in [3.05, 3.63) is 24.3 Å². The monoisotopic (exact) mass is 261 g/mol. The van der Waals surface area contributed by atoms with Gasteiger partial charge in [0.15, 0.2) is 0 Å². The van der Waals surface area contributed by atoms with E-state index in [1.807, 2.05) is 6.07 Å². The molecule has 2 heteroatoms. The van der Waals surface area contributed by atoms with E-state index in [0.717, 1.165) is 18.1 Å². The van der Waals surface area contributed by atoms with Gasteiger partial charge in [-0.25, -0.2) is 0 Å². The molecule has 0 aliphatic heterocycles. The lowest BCUT2D eigenvalue weighted by Gasteiger charge is -2.30. The number of anilines is 1. The van der Waals surface area contributed by atoms with E-state index in [9.17, 15) is 0 Å². The molecule has 0 radical (unpaired) electrons. The van der Waals surface area contributed by atoms with E-state index in [2.05, 4.69) is 44.3 Å². The summed E-state index contributed by atoms with van der Waals surface area (Å²) in [5.74, 6) is 1.75. The average molecular weight is 261 g/mol. The Balaban J connectivity index is 1.98. The second-order valence-electron chi connectivity index (χ2n) is 5.88. The Labute approximate surface area is 117 Å². The summed E-state index contributed by atoms with van der Waals surface area (Å²) in [5.41, 5.74) is 1.19. The van der Waals surface area contributed by atoms with Gasteiger partial charge in [-0.15, -0.1) is 0 Å². The lowest BCUT2D eigenvalue weighted by atomic mass is 9.86. The second-order valence-corrected chi connectivity index (χ2v) is 5.88. The summed E-state index contributed by atoms with van der Waals surface area (Å²) in [6.45, 7) is 6.62. The zero-order chi connectivity index (χ0) is 13.7. The Morgan fingerprint density at radius 3 is 2.84 bits per heavy atom. The summed E-state index contributed by atoms with van der Waals surface area (Å²) < 4.78 is 5.88. The van der Waals surface area contributed by atoms with Crippen molar-refractivity contribution in [3.63, 3.8) is 0 Å². The van der Waals surface area contributed by atoms with E-state index in [4.69, 9.17) is 4.74 Å². The van der Waals surface area contributed by atoms with Gasteiger partial charge < -0.3 is 10.1 Å². The number of ether oxygens (including phenoxy) is 1. The predicted molar refractivity (Wildman–Crippen MR) is 81.9 cm³/mol. The van der Waals surface area contributed by atoms with Crippen molar-refractivity contribution in [1.82, 2.24) is 0 Å². The van der Waals surface area contributed by atoms with Crippen LogP contribution in [0.2, 0.25) is 0 Å². The Kier molecular flexibility index (Phi) is 5.12. The molecule has 1 saturated carbocycles. The van der Waals surface area contributed by atoms with E-state index >= 15 is 0 Å². The Hall–Kier alpha value is -1.18. The summed E-state index contributed by atoms with van der Waals surface area (Å²) in [6.07, 6.45) is 6.70. The highest BCUT2D eigenvalue weighted by atomic mass is 16.5. The molecule has 1 aromatic carbocycles. The molecule has 1 N–H and O–H groups in total. The van der Waals surface area contributed by atoms with Crippen LogP contribution in [0.5, 0.6) is 5.75 Å². The third-order valence-corrected chi connectivity index (χ3v) is 4.21. The normalized spacial score (nSPS) is 24.8. The number of benzene rings is 1. The maximum atomic E-state index is 5.88. The van der Waals surface area contributed by atoms with Crippen molar-refractivity contribution in [1.29, 1.82) is 0 Å². The fraction of sp³-hybridized carbons (Fsp3) is 0.647. The smallest absolute Gasteiger partial charge is 0.121 e. The molecule has 1 aliphatic rings. The van der Waals surface area contributed by atoms with Crippen molar-refractivity contribution in [2.24, 2.45) is 5.92 Å². The summed E-state index contributed by atoms with van der Waals surface area (Å²) in [6, 6.07) is 9.01. The maximum absolute atomic E-state index is 5.88. The molecule has 3 atom stereocenters. The number of rotatable bonds is 5. The van der Waals surface area contributed by atoms with Crippen LogP contribution in [0.1, 0.15) is 52.9 Å². The zero-order valence-electron chi connectivity index (χ0n) is 12.5. The third kappa shape index (κ3) is 4.15. The van der Waals surface area contributed by atoms with Crippen LogP contribution >= 0.6 is 0 Å². The van der Waals surface area contributed by atoms with Gasteiger partial charge in [-0.05, 0) is 44.2 Å². The fourth-order valence-electron chi connectivity index (χ4n) is 2.72. The van der Waals surface area contributed by atoms with Crippen LogP contribution in [0.4, 0.5) is 5.69 Å². The molecule has 1 fully saturated rings. The molecule has 0 bridgehead atoms. The summed E-state index contributed by atoms with van der Waals surface area (Å²) in [7, 11) is 0. The van der Waals surface area contributed by atoms with E-state index in [1.54, 1.807) is 0 Å². The minimum atomic E-state index is 0.281. The highest BCUT2D eigenvalue weighted by molar-refractivity contribution is 5.49. The van der Waals surface area contributed by atoms with Gasteiger partial charge >= 0.3 is 0 Å². The van der Waals surface area contributed by atoms with Crippen molar-refractivity contribution < 1.29 is 4.74 Å². The summed E-state index contributed by atoms with van der Waals surface area (Å²) in [4.78, 5) is 0. The van der Waals surface area contributed by atoms with Gasteiger partial charge in [0.2, 0.25) is 0 Å². The van der Waals surface area contributed by atoms with Crippen LogP contribution in [0.25, 0.3) is 0 Å². The van der Waals surface area contributed by atoms with Crippen molar-refractivity contribution in [2.75, 3.05) is 5.32 Å². The molecule has 19 heavy (non-hydrogen) atoms. The van der Waals surface area contributed by atoms with E-state index in [-0.39, 0.29) is 6.10 Å². The molecule has 0 saturated heterocycles. The SMILES string of the molecule is CCC(C)Oc1cccc(NC2CCCCC2C)c1. The summed E-state index contributed by atoms with van der Waals surface area (Å²) >= 11 is 0. The van der Waals surface area contributed by atoms with Crippen molar-refractivity contribution >= 4 is 5.69 Å². The van der Waals surface area contributed by atoms with E-state index < -0.39 is 0 Å². The Morgan fingerprint density at radius 1 is 1.32 bits per heavy atom. The first kappa shape index (κ1) is 14.2. The topological polar surface area (TPSA) is 21.3 Å². The van der Waals surface area contributed by atoms with Crippen LogP contribution in [0.15, 0.2) is 24.3 Å². The van der Waals surface area contributed by atoms with E-state index in [0.29, 0.717) is 6.04 Å². The summed E-state index contributed by atoms with van der Waals surface area (Å²) in [5, 5.41) is 3.68. The molecular weight excluding hydrogens is 234 g/mol. The first-order chi connectivity index (χ1) is 9.19. The molecule has 0 aromatic heterocycles. The minimum absolute atomic E-state index is 0.281. The van der Waals surface area contributed by atoms with Gasteiger partial charge in [0.25, 0.3) is 0 Å². The highest BCUT2D eigenvalue weighted by Crippen LogP contribution is 2.28. The molecule has 0 amide bonds. The third-order valence-electron chi connectivity index (χ3n) is 4.21. The standard InChI is InChI=1S/C17H27NO/c1-4-14(3)19-16-10-7-9-15(12-16)18-17-11-6-5-8-13(17)2/h7,9-10,12-14,17-18H,4-6,8,11H2,1-3H3. The fourth-order valence-corrected chi connectivity index (χ4v) is 2.72. The molecule has 106 valence electrons. The van der Waals surface area contributed by atoms with Crippen LogP contribution < -0.4 is 10.1 Å². The largest absolute Gasteiger partial charge is 0.491 e. The quantitative estimate of drug-likeness (QED) is 0.817. The zero-order valence-corrected chi connectivity index (χ0v) is 12.5. The molecule has 2 rings (SSSR count). The predicted octanol–water partition coefficient (Wildman–Crippen LogP) is 4.85. The lowest BCUT2D eigenvalue weighted by molar-refractivity contribution is 0.217. The van der Waals surface area contributed by atoms with Gasteiger partial charge in [-0.3, -0.25) is 0 Å². The first-order valence-electron chi connectivity index (χ1n) is 7.72. The molecule has 1 aliphatic carbocycles. The highest BCUT2D eigenvalue weighted by Gasteiger charge is 2.20. The van der Waals surface area contributed by atoms with Crippen LogP contribution in [-0.2, 0) is 0 Å². The van der Waals surface area contributed by atoms with Crippen LogP contribution in [0.3, 0.4) is 0 Å². The van der Waals surface area contributed by atoms with Crippen LogP contribution in [0, 0.1) is 5.92 Å². The number of hydrogen-bond donors (Lipinski definition) is 1. The number of nitrogens with one attached hydrogen (secondary N) is 1. The van der Waals surface area contributed by atoms with Gasteiger partial charge in [-0.2, -0.15) is 0 Å². The molecule has 0 heterocycles. The Bertz CT molecular complexity index is 391. The second kappa shape index (κ2) is 6.83. The van der Waals surface area contributed by atoms with Crippen LogP contribution in [-0.4, -0.2) is 12.1 Å². The number of hydrogen-bond acceptors (Lipinski definition) is 2. The molecule has 0 spiro atoms. The molecular formula is C17H27NO. The first-order valence-corrected chi connectivity index (χ1v) is 7.72. The lowest BCUT2D eigenvalue weighted by Crippen LogP contribution is -2.30. The molecule has 1 aromatic rings. The van der Waals surface area contributed by atoms with Crippen molar-refractivity contribution in [3.8, 4) is 5.75 Å². The van der Waals surface area contributed by atoms with E-state index in [1.165, 1.54) is 31.4 Å². The van der Waals surface area contributed by atoms with Gasteiger partial charge in [0.05, 0.1) is 6.10 Å². The average Bonchev–Trinajstić information content (AvgIpc) is 2.42. The van der Waals surface area contributed by atoms with Gasteiger partial charge in [0.1, 0.15) is 5.75 Å². The minimum Gasteiger partial charge on any atom is -0.491 e. The molecule has 3 unspecified atom stereocenters. The van der Waals surface area contributed by atoms with Crippen molar-refractivity contribution in [2.45, 2.75) is 65.0 Å². The molecule has 2 nitrogen and oxygen atoms in total.